The molecule has 0 unspecified atom stereocenters. The van der Waals surface area contributed by atoms with Crippen molar-refractivity contribution in [1.82, 2.24) is 30.0 Å². The van der Waals surface area contributed by atoms with Crippen LogP contribution in [0.5, 0.6) is 0 Å². The summed E-state index contributed by atoms with van der Waals surface area (Å²) < 4.78 is 32.4. The molecule has 0 bridgehead atoms. The van der Waals surface area contributed by atoms with Crippen molar-refractivity contribution >= 4 is 33.3 Å². The van der Waals surface area contributed by atoms with E-state index in [2.05, 4.69) is 15.4 Å². The Bertz CT molecular complexity index is 1560. The van der Waals surface area contributed by atoms with Crippen LogP contribution in [0.3, 0.4) is 0 Å². The predicted molar refractivity (Wildman–Crippen MR) is 145 cm³/mol. The van der Waals surface area contributed by atoms with Crippen LogP contribution < -0.4 is 5.32 Å². The van der Waals surface area contributed by atoms with Crippen LogP contribution in [0.25, 0.3) is 5.82 Å². The molecule has 1 saturated heterocycles. The molecule has 3 aliphatic rings. The van der Waals surface area contributed by atoms with E-state index in [1.54, 1.807) is 28.6 Å². The van der Waals surface area contributed by atoms with Gasteiger partial charge in [-0.15, -0.1) is 5.10 Å². The third kappa shape index (κ3) is 5.48. The molecule has 3 aromatic rings. The van der Waals surface area contributed by atoms with Gasteiger partial charge in [-0.3, -0.25) is 9.59 Å². The fourth-order valence-electron chi connectivity index (χ4n) is 4.66. The first kappa shape index (κ1) is 26.9. The minimum Gasteiger partial charge on any atom is -0.378 e. The molecule has 2 aliphatic carbocycles. The number of hydrogen-bond acceptors (Lipinski definition) is 8. The number of sulfone groups is 1. The van der Waals surface area contributed by atoms with Crippen molar-refractivity contribution in [2.75, 3.05) is 26.3 Å². The lowest BCUT2D eigenvalue weighted by Gasteiger charge is -2.26. The van der Waals surface area contributed by atoms with Crippen molar-refractivity contribution in [3.63, 3.8) is 0 Å². The van der Waals surface area contributed by atoms with E-state index in [9.17, 15) is 18.0 Å². The average Bonchev–Trinajstić information content (AvgIpc) is 3.90. The molecule has 1 aliphatic heterocycles. The van der Waals surface area contributed by atoms with Crippen LogP contribution in [0.1, 0.15) is 76.9 Å². The quantitative estimate of drug-likeness (QED) is 0.426. The average molecular weight is 585 g/mol. The van der Waals surface area contributed by atoms with E-state index in [1.807, 2.05) is 0 Å². The third-order valence-corrected chi connectivity index (χ3v) is 9.72. The van der Waals surface area contributed by atoms with Crippen molar-refractivity contribution in [2.45, 2.75) is 54.7 Å². The maximum absolute atomic E-state index is 13.2. The van der Waals surface area contributed by atoms with Gasteiger partial charge in [-0.2, -0.15) is 4.68 Å². The molecule has 2 aromatic heterocycles. The van der Waals surface area contributed by atoms with E-state index < -0.39 is 27.0 Å². The number of benzene rings is 1. The Labute approximate surface area is 236 Å². The summed E-state index contributed by atoms with van der Waals surface area (Å²) in [6.45, 7) is 3.88. The molecule has 40 heavy (non-hydrogen) atoms. The number of nitrogens with zero attached hydrogens (tertiary/aromatic N) is 5. The Morgan fingerprint density at radius 3 is 2.48 bits per heavy atom. The van der Waals surface area contributed by atoms with Gasteiger partial charge >= 0.3 is 0 Å². The SMILES string of the molecule is C[C@H](NC(=O)c1cc(Cl)cc(S(=O)(=O)C2CC2)c1)c1nc(C2CC2)nn1-c1ccc(C(=O)N2CCOCC2)cn1. The fourth-order valence-corrected chi connectivity index (χ4v) is 6.69. The summed E-state index contributed by atoms with van der Waals surface area (Å²) in [5.41, 5.74) is 0.616. The Morgan fingerprint density at radius 1 is 1.07 bits per heavy atom. The van der Waals surface area contributed by atoms with E-state index in [1.165, 1.54) is 24.4 Å². The summed E-state index contributed by atoms with van der Waals surface area (Å²) >= 11 is 6.20. The Kier molecular flexibility index (Phi) is 7.09. The predicted octanol–water partition coefficient (Wildman–Crippen LogP) is 3.09. The third-order valence-electron chi connectivity index (χ3n) is 7.26. The highest BCUT2D eigenvalue weighted by Gasteiger charge is 2.37. The zero-order valence-electron chi connectivity index (χ0n) is 21.9. The summed E-state index contributed by atoms with van der Waals surface area (Å²) in [5, 5.41) is 7.34. The topological polar surface area (TPSA) is 136 Å². The number of carbonyl (C=O) groups excluding carboxylic acids is 2. The lowest BCUT2D eigenvalue weighted by Crippen LogP contribution is -2.40. The molecule has 6 rings (SSSR count). The van der Waals surface area contributed by atoms with Gasteiger partial charge < -0.3 is 15.0 Å². The van der Waals surface area contributed by atoms with Gasteiger partial charge in [-0.05, 0) is 62.9 Å². The summed E-state index contributed by atoms with van der Waals surface area (Å²) in [5.74, 6) is 1.28. The monoisotopic (exact) mass is 584 g/mol. The molecule has 1 aromatic carbocycles. The van der Waals surface area contributed by atoms with Crippen LogP contribution in [-0.2, 0) is 14.6 Å². The first-order chi connectivity index (χ1) is 19.2. The normalized spacial score (nSPS) is 18.4. The Morgan fingerprint density at radius 2 is 1.82 bits per heavy atom. The molecule has 210 valence electrons. The molecule has 13 heteroatoms. The van der Waals surface area contributed by atoms with Crippen molar-refractivity contribution in [3.05, 3.63) is 64.3 Å². The number of aromatic nitrogens is 4. The van der Waals surface area contributed by atoms with E-state index in [-0.39, 0.29) is 27.3 Å². The molecule has 0 spiro atoms. The fraction of sp³-hybridized carbons (Fsp3) is 0.444. The van der Waals surface area contributed by atoms with Gasteiger partial charge in [0.25, 0.3) is 11.8 Å². The second-order valence-corrected chi connectivity index (χ2v) is 13.1. The number of amides is 2. The number of pyridine rings is 1. The summed E-state index contributed by atoms with van der Waals surface area (Å²) in [7, 11) is -3.52. The maximum atomic E-state index is 13.2. The smallest absolute Gasteiger partial charge is 0.255 e. The van der Waals surface area contributed by atoms with Gasteiger partial charge in [-0.25, -0.2) is 18.4 Å². The molecular weight excluding hydrogens is 556 g/mol. The van der Waals surface area contributed by atoms with Crippen molar-refractivity contribution in [1.29, 1.82) is 0 Å². The summed E-state index contributed by atoms with van der Waals surface area (Å²) in [4.78, 5) is 37.1. The van der Waals surface area contributed by atoms with Gasteiger partial charge in [0.2, 0.25) is 0 Å². The van der Waals surface area contributed by atoms with Crippen LogP contribution in [0.15, 0.2) is 41.4 Å². The standard InChI is InChI=1S/C27H29ClN6O5S/c1-16(30-26(35)19-12-20(28)14-22(13-19)40(37,38)21-5-6-21)25-31-24(17-2-3-17)32-34(25)23-7-4-18(15-29-23)27(36)33-8-10-39-11-9-33/h4,7,12-17,21H,2-3,5-6,8-11H2,1H3,(H,30,35)/t16-/m0/s1. The molecule has 1 N–H and O–H groups in total. The van der Waals surface area contributed by atoms with Crippen molar-refractivity contribution < 1.29 is 22.7 Å². The number of ether oxygens (including phenoxy) is 1. The highest BCUT2D eigenvalue weighted by Crippen LogP contribution is 2.39. The first-order valence-electron chi connectivity index (χ1n) is 13.4. The van der Waals surface area contributed by atoms with Gasteiger partial charge in [0.05, 0.1) is 35.0 Å². The number of nitrogens with one attached hydrogen (secondary N) is 1. The molecule has 2 amide bonds. The summed E-state index contributed by atoms with van der Waals surface area (Å²) in [6.07, 6.45) is 4.73. The molecule has 3 fully saturated rings. The molecule has 1 atom stereocenters. The molecule has 11 nitrogen and oxygen atoms in total. The number of carbonyl (C=O) groups is 2. The zero-order chi connectivity index (χ0) is 28.0. The van der Waals surface area contributed by atoms with Crippen LogP contribution >= 0.6 is 11.6 Å². The number of rotatable bonds is 8. The molecule has 3 heterocycles. The van der Waals surface area contributed by atoms with Crippen LogP contribution in [-0.4, -0.2) is 76.4 Å². The zero-order valence-corrected chi connectivity index (χ0v) is 23.5. The second-order valence-electron chi connectivity index (χ2n) is 10.4. The van der Waals surface area contributed by atoms with Crippen LogP contribution in [0.2, 0.25) is 5.02 Å². The molecular formula is C27H29ClN6O5S. The second kappa shape index (κ2) is 10.6. The minimum atomic E-state index is -3.52. The highest BCUT2D eigenvalue weighted by atomic mass is 35.5. The lowest BCUT2D eigenvalue weighted by atomic mass is 10.2. The largest absolute Gasteiger partial charge is 0.378 e. The van der Waals surface area contributed by atoms with Gasteiger partial charge in [-0.1, -0.05) is 11.6 Å². The Balaban J connectivity index is 1.24. The van der Waals surface area contributed by atoms with E-state index in [0.717, 1.165) is 12.8 Å². The van der Waals surface area contributed by atoms with Crippen LogP contribution in [0.4, 0.5) is 0 Å². The first-order valence-corrected chi connectivity index (χ1v) is 15.3. The van der Waals surface area contributed by atoms with Crippen LogP contribution in [0, 0.1) is 0 Å². The van der Waals surface area contributed by atoms with Gasteiger partial charge in [0, 0.05) is 35.8 Å². The van der Waals surface area contributed by atoms with Crippen molar-refractivity contribution in [2.24, 2.45) is 0 Å². The van der Waals surface area contributed by atoms with E-state index in [0.29, 0.717) is 62.2 Å². The van der Waals surface area contributed by atoms with Gasteiger partial charge in [0.15, 0.2) is 27.3 Å². The highest BCUT2D eigenvalue weighted by molar-refractivity contribution is 7.92. The lowest BCUT2D eigenvalue weighted by molar-refractivity contribution is 0.0302. The van der Waals surface area contributed by atoms with Crippen molar-refractivity contribution in [3.8, 4) is 5.82 Å². The van der Waals surface area contributed by atoms with E-state index >= 15 is 0 Å². The molecule has 0 radical (unpaired) electrons. The summed E-state index contributed by atoms with van der Waals surface area (Å²) in [6, 6.07) is 7.02. The maximum Gasteiger partial charge on any atom is 0.255 e. The van der Waals surface area contributed by atoms with E-state index in [4.69, 9.17) is 21.3 Å². The van der Waals surface area contributed by atoms with Gasteiger partial charge in [0.1, 0.15) is 0 Å². The minimum absolute atomic E-state index is 0.0513. The number of halogens is 1. The number of morpholine rings is 1. The number of hydrogen-bond donors (Lipinski definition) is 1. The Hall–Kier alpha value is -3.35. The molecule has 2 saturated carbocycles.